The minimum atomic E-state index is -0.828. The molecule has 0 bridgehead atoms. The Morgan fingerprint density at radius 3 is 2.61 bits per heavy atom. The van der Waals surface area contributed by atoms with Crippen LogP contribution in [0.4, 0.5) is 0 Å². The molecule has 0 heterocycles. The third-order valence-electron chi connectivity index (χ3n) is 3.79. The molecule has 1 rings (SSSR count). The van der Waals surface area contributed by atoms with Crippen LogP contribution in [-0.2, 0) is 9.53 Å². The van der Waals surface area contributed by atoms with Gasteiger partial charge in [0.05, 0.1) is 12.6 Å². The average molecular weight is 257 g/mol. The number of nitrogens with zero attached hydrogens (tertiary/aromatic N) is 2. The second kappa shape index (κ2) is 5.56. The maximum Gasteiger partial charge on any atom is 0.236 e. The molecule has 6 nitrogen and oxygen atoms in total. The fourth-order valence-electron chi connectivity index (χ4n) is 2.61. The first-order chi connectivity index (χ1) is 8.39. The third-order valence-corrected chi connectivity index (χ3v) is 3.79. The fraction of sp³-hybridized carbons (Fsp3) is 0.833. The minimum absolute atomic E-state index is 0.0158. The molecule has 0 spiro atoms. The summed E-state index contributed by atoms with van der Waals surface area (Å²) in [4.78, 5) is 14.1. The van der Waals surface area contributed by atoms with Crippen LogP contribution < -0.4 is 5.73 Å². The Bertz CT molecular complexity index is 337. The van der Waals surface area contributed by atoms with E-state index in [1.165, 1.54) is 0 Å². The van der Waals surface area contributed by atoms with Gasteiger partial charge in [0.15, 0.2) is 5.84 Å². The standard InChI is InChI=1S/C12H23N3O3/c1-8-5-12(6-8,10(13)14-17)11(16)15(3)9(2)7-18-4/h8-9,17H,5-7H2,1-4H3,(H2,13,14). The predicted octanol–water partition coefficient (Wildman–Crippen LogP) is 0.642. The van der Waals surface area contributed by atoms with E-state index in [1.807, 2.05) is 6.92 Å². The molecule has 18 heavy (non-hydrogen) atoms. The van der Waals surface area contributed by atoms with Gasteiger partial charge in [0.2, 0.25) is 5.91 Å². The van der Waals surface area contributed by atoms with Gasteiger partial charge in [-0.3, -0.25) is 4.79 Å². The normalized spacial score (nSPS) is 29.6. The highest BCUT2D eigenvalue weighted by Gasteiger charge is 2.53. The Morgan fingerprint density at radius 2 is 2.22 bits per heavy atom. The zero-order valence-electron chi connectivity index (χ0n) is 11.5. The van der Waals surface area contributed by atoms with Gasteiger partial charge in [-0.05, 0) is 25.7 Å². The van der Waals surface area contributed by atoms with E-state index in [1.54, 1.807) is 19.1 Å². The molecule has 1 aliphatic carbocycles. The zero-order chi connectivity index (χ0) is 13.9. The molecular weight excluding hydrogens is 234 g/mol. The van der Waals surface area contributed by atoms with Crippen LogP contribution in [0, 0.1) is 11.3 Å². The van der Waals surface area contributed by atoms with Crippen molar-refractivity contribution in [2.75, 3.05) is 20.8 Å². The van der Waals surface area contributed by atoms with Gasteiger partial charge in [0.25, 0.3) is 0 Å². The smallest absolute Gasteiger partial charge is 0.236 e. The number of carbonyl (C=O) groups excluding carboxylic acids is 1. The number of methoxy groups -OCH3 is 1. The van der Waals surface area contributed by atoms with E-state index in [2.05, 4.69) is 12.1 Å². The molecule has 0 radical (unpaired) electrons. The number of amidine groups is 1. The van der Waals surface area contributed by atoms with Crippen LogP contribution in [0.15, 0.2) is 5.16 Å². The van der Waals surface area contributed by atoms with Crippen molar-refractivity contribution in [3.63, 3.8) is 0 Å². The lowest BCUT2D eigenvalue weighted by Gasteiger charge is -2.46. The Labute approximate surface area is 108 Å². The molecular formula is C12H23N3O3. The first kappa shape index (κ1) is 14.8. The number of hydrogen-bond donors (Lipinski definition) is 2. The van der Waals surface area contributed by atoms with E-state index < -0.39 is 5.41 Å². The van der Waals surface area contributed by atoms with Gasteiger partial charge in [0, 0.05) is 14.2 Å². The topological polar surface area (TPSA) is 88.2 Å². The van der Waals surface area contributed by atoms with E-state index in [0.717, 1.165) is 0 Å². The van der Waals surface area contributed by atoms with Crippen LogP contribution in [0.1, 0.15) is 26.7 Å². The highest BCUT2D eigenvalue weighted by molar-refractivity contribution is 6.07. The molecule has 1 fully saturated rings. The highest BCUT2D eigenvalue weighted by atomic mass is 16.5. The van der Waals surface area contributed by atoms with Crippen LogP contribution in [0.25, 0.3) is 0 Å². The number of amides is 1. The summed E-state index contributed by atoms with van der Waals surface area (Å²) in [5.41, 5.74) is 4.88. The quantitative estimate of drug-likeness (QED) is 0.327. The SMILES string of the molecule is COCC(C)N(C)C(=O)C1(C(N)=NO)CC(C)C1. The lowest BCUT2D eigenvalue weighted by atomic mass is 9.61. The molecule has 3 N–H and O–H groups in total. The molecule has 1 atom stereocenters. The maximum atomic E-state index is 12.5. The van der Waals surface area contributed by atoms with Crippen molar-refractivity contribution in [2.24, 2.45) is 22.2 Å². The van der Waals surface area contributed by atoms with Crippen molar-refractivity contribution >= 4 is 11.7 Å². The molecule has 0 aromatic heterocycles. The summed E-state index contributed by atoms with van der Waals surface area (Å²) in [6, 6.07) is -0.0400. The van der Waals surface area contributed by atoms with Crippen molar-refractivity contribution < 1.29 is 14.7 Å². The summed E-state index contributed by atoms with van der Waals surface area (Å²) < 4.78 is 5.04. The predicted molar refractivity (Wildman–Crippen MR) is 68.3 cm³/mol. The largest absolute Gasteiger partial charge is 0.409 e. The number of oxime groups is 1. The first-order valence-electron chi connectivity index (χ1n) is 6.13. The molecule has 1 saturated carbocycles. The number of likely N-dealkylation sites (N-methyl/N-ethyl adjacent to an activating group) is 1. The monoisotopic (exact) mass is 257 g/mol. The van der Waals surface area contributed by atoms with E-state index in [9.17, 15) is 4.79 Å². The summed E-state index contributed by atoms with van der Waals surface area (Å²) in [6.45, 7) is 4.42. The summed E-state index contributed by atoms with van der Waals surface area (Å²) in [5, 5.41) is 11.9. The van der Waals surface area contributed by atoms with Crippen LogP contribution in [0.5, 0.6) is 0 Å². The Morgan fingerprint density at radius 1 is 1.67 bits per heavy atom. The van der Waals surface area contributed by atoms with Gasteiger partial charge < -0.3 is 20.6 Å². The Hall–Kier alpha value is -1.30. The van der Waals surface area contributed by atoms with E-state index >= 15 is 0 Å². The van der Waals surface area contributed by atoms with E-state index in [0.29, 0.717) is 25.4 Å². The number of nitrogens with two attached hydrogens (primary N) is 1. The number of carbonyl (C=O) groups is 1. The van der Waals surface area contributed by atoms with Gasteiger partial charge in [-0.15, -0.1) is 0 Å². The molecule has 104 valence electrons. The van der Waals surface area contributed by atoms with Crippen molar-refractivity contribution in [3.05, 3.63) is 0 Å². The zero-order valence-corrected chi connectivity index (χ0v) is 11.5. The van der Waals surface area contributed by atoms with Gasteiger partial charge in [-0.1, -0.05) is 12.1 Å². The fourth-order valence-corrected chi connectivity index (χ4v) is 2.61. The average Bonchev–Trinajstić information content (AvgIpc) is 2.32. The second-order valence-corrected chi connectivity index (χ2v) is 5.30. The molecule has 1 amide bonds. The molecule has 0 aromatic carbocycles. The van der Waals surface area contributed by atoms with Gasteiger partial charge in [0.1, 0.15) is 5.41 Å². The van der Waals surface area contributed by atoms with Gasteiger partial charge in [-0.25, -0.2) is 0 Å². The molecule has 6 heteroatoms. The summed E-state index contributed by atoms with van der Waals surface area (Å²) in [5.74, 6) is 0.336. The molecule has 1 aliphatic rings. The van der Waals surface area contributed by atoms with Crippen molar-refractivity contribution in [3.8, 4) is 0 Å². The lowest BCUT2D eigenvalue weighted by Crippen LogP contribution is -2.58. The molecule has 0 aromatic rings. The van der Waals surface area contributed by atoms with Crippen molar-refractivity contribution in [2.45, 2.75) is 32.7 Å². The van der Waals surface area contributed by atoms with Crippen LogP contribution in [0.2, 0.25) is 0 Å². The number of hydrogen-bond acceptors (Lipinski definition) is 4. The summed E-state index contributed by atoms with van der Waals surface area (Å²) in [7, 11) is 3.32. The number of ether oxygens (including phenoxy) is 1. The highest BCUT2D eigenvalue weighted by Crippen LogP contribution is 2.47. The summed E-state index contributed by atoms with van der Waals surface area (Å²) >= 11 is 0. The number of rotatable bonds is 5. The van der Waals surface area contributed by atoms with Crippen LogP contribution in [0.3, 0.4) is 0 Å². The van der Waals surface area contributed by atoms with E-state index in [-0.39, 0.29) is 17.8 Å². The third kappa shape index (κ3) is 2.43. The van der Waals surface area contributed by atoms with Crippen LogP contribution in [-0.4, -0.2) is 48.7 Å². The Balaban J connectivity index is 2.85. The van der Waals surface area contributed by atoms with E-state index in [4.69, 9.17) is 15.7 Å². The van der Waals surface area contributed by atoms with Crippen molar-refractivity contribution in [1.29, 1.82) is 0 Å². The first-order valence-corrected chi connectivity index (χ1v) is 6.13. The molecule has 1 unspecified atom stereocenters. The van der Waals surface area contributed by atoms with Crippen molar-refractivity contribution in [1.82, 2.24) is 4.90 Å². The van der Waals surface area contributed by atoms with Crippen LogP contribution >= 0.6 is 0 Å². The second-order valence-electron chi connectivity index (χ2n) is 5.30. The molecule has 0 aliphatic heterocycles. The molecule has 0 saturated heterocycles. The Kier molecular flexibility index (Phi) is 4.56. The van der Waals surface area contributed by atoms with Gasteiger partial charge in [-0.2, -0.15) is 0 Å². The lowest BCUT2D eigenvalue weighted by molar-refractivity contribution is -0.145. The van der Waals surface area contributed by atoms with Gasteiger partial charge >= 0.3 is 0 Å². The maximum absolute atomic E-state index is 12.5. The summed E-state index contributed by atoms with van der Waals surface area (Å²) in [6.07, 6.45) is 1.26. The minimum Gasteiger partial charge on any atom is -0.409 e.